The van der Waals surface area contributed by atoms with Gasteiger partial charge in [0.15, 0.2) is 0 Å². The zero-order chi connectivity index (χ0) is 11.4. The van der Waals surface area contributed by atoms with Crippen molar-refractivity contribution >= 4 is 0 Å². The molecule has 2 heteroatoms. The normalized spacial score (nSPS) is 17.1. The fraction of sp³-hybridized carbons (Fsp3) is 1.00. The Bertz CT molecular complexity index is 156. The van der Waals surface area contributed by atoms with E-state index in [1.165, 1.54) is 0 Å². The quantitative estimate of drug-likeness (QED) is 0.716. The van der Waals surface area contributed by atoms with Crippen molar-refractivity contribution in [1.82, 2.24) is 5.32 Å². The summed E-state index contributed by atoms with van der Waals surface area (Å²) in [6.45, 7) is 13.4. The van der Waals surface area contributed by atoms with Gasteiger partial charge in [-0.05, 0) is 25.2 Å². The van der Waals surface area contributed by atoms with Gasteiger partial charge >= 0.3 is 0 Å². The van der Waals surface area contributed by atoms with E-state index in [4.69, 9.17) is 0 Å². The average molecular weight is 201 g/mol. The molecule has 2 N–H and O–H groups in total. The first-order valence-corrected chi connectivity index (χ1v) is 5.58. The van der Waals surface area contributed by atoms with Crippen LogP contribution in [0.25, 0.3) is 0 Å². The van der Waals surface area contributed by atoms with E-state index < -0.39 is 5.60 Å². The molecule has 0 aliphatic carbocycles. The molecule has 0 heterocycles. The van der Waals surface area contributed by atoms with Crippen molar-refractivity contribution in [3.05, 3.63) is 0 Å². The molecule has 0 aliphatic rings. The van der Waals surface area contributed by atoms with Crippen LogP contribution in [0, 0.1) is 5.41 Å². The molecule has 2 nitrogen and oxygen atoms in total. The first-order chi connectivity index (χ1) is 6.12. The summed E-state index contributed by atoms with van der Waals surface area (Å²) in [4.78, 5) is 0. The molecule has 0 amide bonds. The summed E-state index contributed by atoms with van der Waals surface area (Å²) in [7, 11) is 0. The minimum Gasteiger partial charge on any atom is -0.389 e. The van der Waals surface area contributed by atoms with E-state index in [1.807, 2.05) is 6.92 Å². The number of aliphatic hydroxyl groups is 1. The van der Waals surface area contributed by atoms with Gasteiger partial charge in [-0.1, -0.05) is 34.6 Å². The van der Waals surface area contributed by atoms with Gasteiger partial charge in [-0.3, -0.25) is 0 Å². The van der Waals surface area contributed by atoms with Crippen molar-refractivity contribution in [3.8, 4) is 0 Å². The summed E-state index contributed by atoms with van der Waals surface area (Å²) in [6.07, 6.45) is 1.91. The standard InChI is InChI=1S/C12H27NO/c1-10(2)13-9-12(6,14)8-7-11(3,4)5/h10,13-14H,7-9H2,1-6H3. The molecule has 0 aromatic rings. The lowest BCUT2D eigenvalue weighted by Crippen LogP contribution is -2.41. The number of rotatable bonds is 5. The van der Waals surface area contributed by atoms with Gasteiger partial charge in [0.05, 0.1) is 5.60 Å². The molecule has 86 valence electrons. The highest BCUT2D eigenvalue weighted by atomic mass is 16.3. The Hall–Kier alpha value is -0.0800. The molecule has 14 heavy (non-hydrogen) atoms. The molecule has 0 radical (unpaired) electrons. The van der Waals surface area contributed by atoms with Gasteiger partial charge in [0.25, 0.3) is 0 Å². The molecule has 1 unspecified atom stereocenters. The zero-order valence-electron chi connectivity index (χ0n) is 10.6. The Morgan fingerprint density at radius 3 is 1.93 bits per heavy atom. The minimum atomic E-state index is -0.572. The summed E-state index contributed by atoms with van der Waals surface area (Å²) < 4.78 is 0. The Balaban J connectivity index is 3.83. The lowest BCUT2D eigenvalue weighted by atomic mass is 9.85. The monoisotopic (exact) mass is 201 g/mol. The third-order valence-corrected chi connectivity index (χ3v) is 2.30. The zero-order valence-corrected chi connectivity index (χ0v) is 10.6. The second kappa shape index (κ2) is 5.13. The van der Waals surface area contributed by atoms with Crippen LogP contribution in [0.5, 0.6) is 0 Å². The van der Waals surface area contributed by atoms with Crippen molar-refractivity contribution < 1.29 is 5.11 Å². The van der Waals surface area contributed by atoms with Crippen LogP contribution < -0.4 is 5.32 Å². The average Bonchev–Trinajstić information content (AvgIpc) is 1.97. The van der Waals surface area contributed by atoms with Gasteiger partial charge in [-0.15, -0.1) is 0 Å². The van der Waals surface area contributed by atoms with Crippen LogP contribution in [0.3, 0.4) is 0 Å². The van der Waals surface area contributed by atoms with E-state index in [9.17, 15) is 5.11 Å². The van der Waals surface area contributed by atoms with Gasteiger partial charge in [0.2, 0.25) is 0 Å². The summed E-state index contributed by atoms with van der Waals surface area (Å²) in [5, 5.41) is 13.3. The molecule has 0 aromatic carbocycles. The van der Waals surface area contributed by atoms with Crippen LogP contribution in [0.2, 0.25) is 0 Å². The highest BCUT2D eigenvalue weighted by Gasteiger charge is 2.23. The van der Waals surface area contributed by atoms with E-state index in [0.29, 0.717) is 18.0 Å². The van der Waals surface area contributed by atoms with Gasteiger partial charge in [0.1, 0.15) is 0 Å². The van der Waals surface area contributed by atoms with E-state index in [-0.39, 0.29) is 0 Å². The summed E-state index contributed by atoms with van der Waals surface area (Å²) in [5.74, 6) is 0. The lowest BCUT2D eigenvalue weighted by Gasteiger charge is -2.28. The van der Waals surface area contributed by atoms with E-state index in [2.05, 4.69) is 39.9 Å². The van der Waals surface area contributed by atoms with Crippen LogP contribution >= 0.6 is 0 Å². The molecule has 0 aromatic heterocycles. The third-order valence-electron chi connectivity index (χ3n) is 2.30. The Morgan fingerprint density at radius 1 is 1.07 bits per heavy atom. The van der Waals surface area contributed by atoms with Crippen LogP contribution in [0.4, 0.5) is 0 Å². The topological polar surface area (TPSA) is 32.3 Å². The van der Waals surface area contributed by atoms with Crippen molar-refractivity contribution in [2.24, 2.45) is 5.41 Å². The molecular formula is C12H27NO. The Labute approximate surface area is 89.1 Å². The van der Waals surface area contributed by atoms with E-state index in [0.717, 1.165) is 12.8 Å². The molecule has 0 rings (SSSR count). The van der Waals surface area contributed by atoms with Gasteiger partial charge in [-0.25, -0.2) is 0 Å². The van der Waals surface area contributed by atoms with Crippen LogP contribution in [-0.4, -0.2) is 23.3 Å². The molecule has 0 spiro atoms. The maximum Gasteiger partial charge on any atom is 0.0743 e. The SMILES string of the molecule is CC(C)NCC(C)(O)CCC(C)(C)C. The molecule has 1 atom stereocenters. The van der Waals surface area contributed by atoms with Crippen molar-refractivity contribution in [2.45, 2.75) is 66.0 Å². The second-order valence-electron chi connectivity index (χ2n) is 6.09. The number of hydrogen-bond donors (Lipinski definition) is 2. The largest absolute Gasteiger partial charge is 0.389 e. The highest BCUT2D eigenvalue weighted by molar-refractivity contribution is 4.78. The first kappa shape index (κ1) is 13.9. The maximum atomic E-state index is 10.1. The van der Waals surface area contributed by atoms with Gasteiger partial charge < -0.3 is 10.4 Å². The van der Waals surface area contributed by atoms with Crippen molar-refractivity contribution in [2.75, 3.05) is 6.54 Å². The Kier molecular flexibility index (Phi) is 5.10. The fourth-order valence-electron chi connectivity index (χ4n) is 1.16. The first-order valence-electron chi connectivity index (χ1n) is 5.58. The minimum absolute atomic E-state index is 0.307. The predicted molar refractivity (Wildman–Crippen MR) is 62.5 cm³/mol. The van der Waals surface area contributed by atoms with E-state index >= 15 is 0 Å². The smallest absolute Gasteiger partial charge is 0.0743 e. The Morgan fingerprint density at radius 2 is 1.57 bits per heavy atom. The molecular weight excluding hydrogens is 174 g/mol. The maximum absolute atomic E-state index is 10.1. The summed E-state index contributed by atoms with van der Waals surface area (Å²) >= 11 is 0. The van der Waals surface area contributed by atoms with Crippen LogP contribution in [0.1, 0.15) is 54.4 Å². The van der Waals surface area contributed by atoms with Gasteiger partial charge in [-0.2, -0.15) is 0 Å². The van der Waals surface area contributed by atoms with Crippen molar-refractivity contribution in [3.63, 3.8) is 0 Å². The number of nitrogens with one attached hydrogen (secondary N) is 1. The van der Waals surface area contributed by atoms with Crippen LogP contribution in [-0.2, 0) is 0 Å². The third kappa shape index (κ3) is 8.52. The van der Waals surface area contributed by atoms with E-state index in [1.54, 1.807) is 0 Å². The molecule has 0 saturated heterocycles. The lowest BCUT2D eigenvalue weighted by molar-refractivity contribution is 0.0377. The summed E-state index contributed by atoms with van der Waals surface area (Å²) in [5.41, 5.74) is -0.265. The fourth-order valence-corrected chi connectivity index (χ4v) is 1.16. The van der Waals surface area contributed by atoms with Crippen molar-refractivity contribution in [1.29, 1.82) is 0 Å². The second-order valence-corrected chi connectivity index (χ2v) is 6.09. The van der Waals surface area contributed by atoms with Crippen LogP contribution in [0.15, 0.2) is 0 Å². The highest BCUT2D eigenvalue weighted by Crippen LogP contribution is 2.25. The predicted octanol–water partition coefficient (Wildman–Crippen LogP) is 2.56. The molecule has 0 bridgehead atoms. The molecule has 0 fully saturated rings. The molecule has 0 aliphatic heterocycles. The van der Waals surface area contributed by atoms with Gasteiger partial charge in [0, 0.05) is 12.6 Å². The molecule has 0 saturated carbocycles. The summed E-state index contributed by atoms with van der Waals surface area (Å²) in [6, 6.07) is 0.441. The number of hydrogen-bond acceptors (Lipinski definition) is 2.